The number of thiazole rings is 1. The van der Waals surface area contributed by atoms with Gasteiger partial charge in [-0.2, -0.15) is 0 Å². The standard InChI is InChI=1S/C16H18FN3OS.2ClH/c1-18-9-13-3-2-8-20(13)16(21)14-10-22-15(19-14)11-4-6-12(17)7-5-11;;/h4-7,10,13,18H,2-3,8-9H2,1H3;2*1H. The molecule has 2 aromatic rings. The van der Waals surface area contributed by atoms with Gasteiger partial charge in [-0.25, -0.2) is 9.37 Å². The highest BCUT2D eigenvalue weighted by Crippen LogP contribution is 2.26. The molecule has 4 nitrogen and oxygen atoms in total. The van der Waals surface area contributed by atoms with Crippen LogP contribution in [0.4, 0.5) is 4.39 Å². The Bertz CT molecular complexity index is 666. The molecule has 0 bridgehead atoms. The van der Waals surface area contributed by atoms with Gasteiger partial charge in [0.05, 0.1) is 0 Å². The maximum atomic E-state index is 13.0. The molecule has 1 N–H and O–H groups in total. The van der Waals surface area contributed by atoms with Crippen molar-refractivity contribution in [1.82, 2.24) is 15.2 Å². The van der Waals surface area contributed by atoms with Crippen molar-refractivity contribution in [2.24, 2.45) is 0 Å². The minimum atomic E-state index is -0.274. The van der Waals surface area contributed by atoms with Crippen molar-refractivity contribution in [1.29, 1.82) is 0 Å². The average molecular weight is 392 g/mol. The predicted molar refractivity (Wildman–Crippen MR) is 100.0 cm³/mol. The van der Waals surface area contributed by atoms with Crippen molar-refractivity contribution in [2.75, 3.05) is 20.1 Å². The number of nitrogens with one attached hydrogen (secondary N) is 1. The molecule has 8 heteroatoms. The molecule has 1 atom stereocenters. The van der Waals surface area contributed by atoms with Crippen LogP contribution in [-0.4, -0.2) is 42.0 Å². The average Bonchev–Trinajstić information content (AvgIpc) is 3.17. The zero-order valence-electron chi connectivity index (χ0n) is 13.2. The number of carbonyl (C=O) groups excluding carboxylic acids is 1. The second kappa shape index (κ2) is 9.32. The number of hydrogen-bond donors (Lipinski definition) is 1. The summed E-state index contributed by atoms with van der Waals surface area (Å²) in [6, 6.07) is 6.42. The van der Waals surface area contributed by atoms with Gasteiger partial charge in [-0.15, -0.1) is 36.2 Å². The maximum absolute atomic E-state index is 13.0. The van der Waals surface area contributed by atoms with Gasteiger partial charge in [-0.05, 0) is 44.2 Å². The van der Waals surface area contributed by atoms with Gasteiger partial charge in [0.1, 0.15) is 16.5 Å². The van der Waals surface area contributed by atoms with E-state index in [1.54, 1.807) is 17.5 Å². The molecule has 0 saturated carbocycles. The van der Waals surface area contributed by atoms with Gasteiger partial charge >= 0.3 is 0 Å². The third-order valence-corrected chi connectivity index (χ3v) is 4.78. The molecule has 1 aromatic heterocycles. The summed E-state index contributed by atoms with van der Waals surface area (Å²) in [5, 5.41) is 5.67. The Morgan fingerprint density at radius 3 is 2.75 bits per heavy atom. The molecule has 1 aliphatic rings. The zero-order chi connectivity index (χ0) is 15.5. The fourth-order valence-electron chi connectivity index (χ4n) is 2.80. The van der Waals surface area contributed by atoms with Crippen molar-refractivity contribution >= 4 is 42.1 Å². The van der Waals surface area contributed by atoms with Gasteiger partial charge in [0.15, 0.2) is 0 Å². The van der Waals surface area contributed by atoms with Gasteiger partial charge in [-0.3, -0.25) is 4.79 Å². The first kappa shape index (κ1) is 20.8. The number of halogens is 3. The molecule has 1 amide bonds. The number of amides is 1. The summed E-state index contributed by atoms with van der Waals surface area (Å²) >= 11 is 1.41. The summed E-state index contributed by atoms with van der Waals surface area (Å²) in [5.74, 6) is -0.286. The van der Waals surface area contributed by atoms with Crippen LogP contribution in [0.15, 0.2) is 29.6 Å². The lowest BCUT2D eigenvalue weighted by Gasteiger charge is -2.23. The van der Waals surface area contributed by atoms with Crippen LogP contribution >= 0.6 is 36.2 Å². The van der Waals surface area contributed by atoms with Gasteiger partial charge in [0.25, 0.3) is 5.91 Å². The predicted octanol–water partition coefficient (Wildman–Crippen LogP) is 3.62. The molecule has 1 aromatic carbocycles. The summed E-state index contributed by atoms with van der Waals surface area (Å²) in [7, 11) is 1.90. The van der Waals surface area contributed by atoms with Crippen molar-refractivity contribution < 1.29 is 9.18 Å². The van der Waals surface area contributed by atoms with Crippen LogP contribution in [0.2, 0.25) is 0 Å². The highest BCUT2D eigenvalue weighted by Gasteiger charge is 2.30. The Hall–Kier alpha value is -1.21. The molecule has 0 aliphatic carbocycles. The summed E-state index contributed by atoms with van der Waals surface area (Å²) in [6.45, 7) is 1.59. The number of hydrogen-bond acceptors (Lipinski definition) is 4. The Labute approximate surface area is 157 Å². The zero-order valence-corrected chi connectivity index (χ0v) is 15.6. The molecule has 1 fully saturated rings. The molecule has 2 heterocycles. The van der Waals surface area contributed by atoms with Gasteiger partial charge in [-0.1, -0.05) is 0 Å². The van der Waals surface area contributed by atoms with E-state index in [1.165, 1.54) is 23.5 Å². The van der Waals surface area contributed by atoms with Gasteiger partial charge < -0.3 is 10.2 Å². The first-order chi connectivity index (χ1) is 10.7. The molecular weight excluding hydrogens is 372 g/mol. The fourth-order valence-corrected chi connectivity index (χ4v) is 3.60. The van der Waals surface area contributed by atoms with Gasteiger partial charge in [0.2, 0.25) is 0 Å². The normalized spacial score (nSPS) is 16.4. The Morgan fingerprint density at radius 2 is 2.08 bits per heavy atom. The number of carbonyl (C=O) groups is 1. The van der Waals surface area contributed by atoms with E-state index in [1.807, 2.05) is 11.9 Å². The van der Waals surface area contributed by atoms with Crippen molar-refractivity contribution in [3.63, 3.8) is 0 Å². The van der Waals surface area contributed by atoms with E-state index in [2.05, 4.69) is 10.3 Å². The molecule has 3 rings (SSSR count). The van der Waals surface area contributed by atoms with Crippen LogP contribution in [0.3, 0.4) is 0 Å². The third-order valence-electron chi connectivity index (χ3n) is 3.89. The molecule has 1 aliphatic heterocycles. The molecule has 0 radical (unpaired) electrons. The van der Waals surface area contributed by atoms with E-state index in [-0.39, 0.29) is 42.6 Å². The fraction of sp³-hybridized carbons (Fsp3) is 0.375. The second-order valence-corrected chi connectivity index (χ2v) is 6.26. The van der Waals surface area contributed by atoms with E-state index in [0.29, 0.717) is 5.69 Å². The molecule has 1 unspecified atom stereocenters. The quantitative estimate of drug-likeness (QED) is 0.865. The lowest BCUT2D eigenvalue weighted by atomic mass is 10.2. The van der Waals surface area contributed by atoms with Crippen LogP contribution in [0.1, 0.15) is 23.3 Å². The molecule has 132 valence electrons. The second-order valence-electron chi connectivity index (χ2n) is 5.40. The monoisotopic (exact) mass is 391 g/mol. The minimum Gasteiger partial charge on any atom is -0.333 e. The van der Waals surface area contributed by atoms with E-state index < -0.39 is 0 Å². The van der Waals surface area contributed by atoms with Crippen LogP contribution in [0.25, 0.3) is 10.6 Å². The Balaban J connectivity index is 0.00000144. The number of aromatic nitrogens is 1. The summed E-state index contributed by atoms with van der Waals surface area (Å²) in [4.78, 5) is 18.9. The van der Waals surface area contributed by atoms with Crippen molar-refractivity contribution in [3.05, 3.63) is 41.2 Å². The summed E-state index contributed by atoms with van der Waals surface area (Å²) in [5.41, 5.74) is 1.31. The van der Waals surface area contributed by atoms with Crippen LogP contribution < -0.4 is 5.32 Å². The Kier molecular flexibility index (Phi) is 8.09. The van der Waals surface area contributed by atoms with Crippen LogP contribution in [0.5, 0.6) is 0 Å². The van der Waals surface area contributed by atoms with E-state index in [0.717, 1.165) is 36.5 Å². The summed E-state index contributed by atoms with van der Waals surface area (Å²) < 4.78 is 13.0. The first-order valence-electron chi connectivity index (χ1n) is 7.36. The molecule has 24 heavy (non-hydrogen) atoms. The largest absolute Gasteiger partial charge is 0.333 e. The summed E-state index contributed by atoms with van der Waals surface area (Å²) in [6.07, 6.45) is 2.06. The van der Waals surface area contributed by atoms with Crippen LogP contribution in [0, 0.1) is 5.82 Å². The third kappa shape index (κ3) is 4.45. The first-order valence-corrected chi connectivity index (χ1v) is 8.24. The lowest BCUT2D eigenvalue weighted by Crippen LogP contribution is -2.40. The Morgan fingerprint density at radius 1 is 1.38 bits per heavy atom. The lowest BCUT2D eigenvalue weighted by molar-refractivity contribution is 0.0732. The minimum absolute atomic E-state index is 0. The van der Waals surface area contributed by atoms with E-state index in [9.17, 15) is 9.18 Å². The van der Waals surface area contributed by atoms with Crippen molar-refractivity contribution in [2.45, 2.75) is 18.9 Å². The van der Waals surface area contributed by atoms with Crippen molar-refractivity contribution in [3.8, 4) is 10.6 Å². The molecular formula is C16H20Cl2FN3OS. The van der Waals surface area contributed by atoms with E-state index in [4.69, 9.17) is 0 Å². The maximum Gasteiger partial charge on any atom is 0.273 e. The van der Waals surface area contributed by atoms with Crippen LogP contribution in [-0.2, 0) is 0 Å². The molecule has 1 saturated heterocycles. The van der Waals surface area contributed by atoms with Gasteiger partial charge in [0, 0.05) is 30.1 Å². The number of rotatable bonds is 4. The van der Waals surface area contributed by atoms with E-state index >= 15 is 0 Å². The smallest absolute Gasteiger partial charge is 0.273 e. The number of likely N-dealkylation sites (N-methyl/N-ethyl adjacent to an activating group) is 1. The number of likely N-dealkylation sites (tertiary alicyclic amines) is 1. The highest BCUT2D eigenvalue weighted by atomic mass is 35.5. The number of benzene rings is 1. The molecule has 0 spiro atoms. The highest BCUT2D eigenvalue weighted by molar-refractivity contribution is 7.13. The number of nitrogens with zero attached hydrogens (tertiary/aromatic N) is 2. The SMILES string of the molecule is CNCC1CCCN1C(=O)c1csc(-c2ccc(F)cc2)n1.Cl.Cl. The topological polar surface area (TPSA) is 45.2 Å².